The van der Waals surface area contributed by atoms with Crippen LogP contribution in [0.1, 0.15) is 73.5 Å². The Hall–Kier alpha value is -2.86. The lowest BCUT2D eigenvalue weighted by Crippen LogP contribution is -2.36. The molecule has 8 heteroatoms. The molecular weight excluding hydrogens is 538 g/mol. The van der Waals surface area contributed by atoms with Crippen molar-refractivity contribution in [2.24, 2.45) is 5.92 Å². The molecule has 0 aliphatic heterocycles. The number of ether oxygens (including phenoxy) is 2. The standard InChI is InChI=1S/C33H42FN2O4P/c1-20(2)36(21(3)4)18-25-15-27(22(5)13-28(25)29-16-32(39-6)35-17-31(29)34)33(37)40-26-10-8-9-24(14-26)30(19-41(7)38)23-11-12-23/h8-10,13-17,20-21,23,30,38H,11-12,18-19H2,1-7H3. The van der Waals surface area contributed by atoms with Gasteiger partial charge in [0.2, 0.25) is 5.88 Å². The predicted octanol–water partition coefficient (Wildman–Crippen LogP) is 7.56. The summed E-state index contributed by atoms with van der Waals surface area (Å²) in [5.74, 6) is 0.740. The van der Waals surface area contributed by atoms with Gasteiger partial charge in [0.05, 0.1) is 18.9 Å². The number of carbonyl (C=O) groups is 1. The summed E-state index contributed by atoms with van der Waals surface area (Å²) in [6, 6.07) is 13.5. The van der Waals surface area contributed by atoms with E-state index in [2.05, 4.69) is 43.6 Å². The fraction of sp³-hybridized carbons (Fsp3) is 0.455. The number of esters is 1. The van der Waals surface area contributed by atoms with Crippen LogP contribution in [0.5, 0.6) is 11.6 Å². The number of hydrogen-bond donors (Lipinski definition) is 1. The monoisotopic (exact) mass is 580 g/mol. The molecule has 0 saturated heterocycles. The van der Waals surface area contributed by atoms with Crippen molar-refractivity contribution in [3.8, 4) is 22.8 Å². The first-order valence-corrected chi connectivity index (χ1v) is 16.2. The molecule has 0 bridgehead atoms. The Morgan fingerprint density at radius 2 is 1.83 bits per heavy atom. The molecule has 41 heavy (non-hydrogen) atoms. The van der Waals surface area contributed by atoms with Crippen LogP contribution in [0.25, 0.3) is 11.1 Å². The first-order chi connectivity index (χ1) is 19.5. The number of methoxy groups -OCH3 is 1. The fourth-order valence-electron chi connectivity index (χ4n) is 5.53. The van der Waals surface area contributed by atoms with Gasteiger partial charge < -0.3 is 14.4 Å². The van der Waals surface area contributed by atoms with E-state index < -0.39 is 19.9 Å². The van der Waals surface area contributed by atoms with Crippen LogP contribution in [0.2, 0.25) is 0 Å². The topological polar surface area (TPSA) is 71.9 Å². The first-order valence-electron chi connectivity index (χ1n) is 14.3. The van der Waals surface area contributed by atoms with Crippen molar-refractivity contribution in [3.63, 3.8) is 0 Å². The van der Waals surface area contributed by atoms with Crippen LogP contribution in [0.3, 0.4) is 0 Å². The van der Waals surface area contributed by atoms with E-state index in [-0.39, 0.29) is 18.0 Å². The highest BCUT2D eigenvalue weighted by Crippen LogP contribution is 2.48. The molecule has 0 amide bonds. The second kappa shape index (κ2) is 13.4. The molecule has 2 unspecified atom stereocenters. The zero-order valence-corrected chi connectivity index (χ0v) is 26.0. The summed E-state index contributed by atoms with van der Waals surface area (Å²) in [6.45, 7) is 12.7. The molecule has 1 saturated carbocycles. The summed E-state index contributed by atoms with van der Waals surface area (Å²) in [6.07, 6.45) is 4.25. The van der Waals surface area contributed by atoms with Crippen molar-refractivity contribution in [1.29, 1.82) is 0 Å². The van der Waals surface area contributed by atoms with Crippen molar-refractivity contribution >= 4 is 14.1 Å². The van der Waals surface area contributed by atoms with Crippen molar-refractivity contribution < 1.29 is 23.6 Å². The minimum Gasteiger partial charge on any atom is -0.481 e. The van der Waals surface area contributed by atoms with Crippen molar-refractivity contribution in [3.05, 3.63) is 76.7 Å². The second-order valence-electron chi connectivity index (χ2n) is 11.6. The summed E-state index contributed by atoms with van der Waals surface area (Å²) < 4.78 is 26.3. The Labute approximate surface area is 244 Å². The zero-order chi connectivity index (χ0) is 29.8. The molecule has 1 aromatic heterocycles. The van der Waals surface area contributed by atoms with Gasteiger partial charge in [0.25, 0.3) is 0 Å². The SMILES string of the molecule is COc1cc(-c2cc(C)c(C(=O)Oc3cccc(C(CP(C)O)C4CC4)c3)cc2CN(C(C)C)C(C)C)c(F)cn1. The van der Waals surface area contributed by atoms with Crippen LogP contribution in [-0.4, -0.2) is 52.8 Å². The maximum atomic E-state index is 15.1. The number of aryl methyl sites for hydroxylation is 1. The van der Waals surface area contributed by atoms with Crippen LogP contribution in [-0.2, 0) is 6.54 Å². The average Bonchev–Trinajstić information content (AvgIpc) is 3.76. The number of nitrogens with zero attached hydrogens (tertiary/aromatic N) is 2. The van der Waals surface area contributed by atoms with Gasteiger partial charge in [-0.25, -0.2) is 14.2 Å². The largest absolute Gasteiger partial charge is 0.481 e. The predicted molar refractivity (Wildman–Crippen MR) is 164 cm³/mol. The molecule has 1 fully saturated rings. The molecule has 2 atom stereocenters. The van der Waals surface area contributed by atoms with Gasteiger partial charge in [0, 0.05) is 38.4 Å². The molecule has 0 spiro atoms. The number of carbonyl (C=O) groups excluding carboxylic acids is 1. The number of halogens is 1. The van der Waals surface area contributed by atoms with Gasteiger partial charge in [-0.2, -0.15) is 0 Å². The second-order valence-corrected chi connectivity index (χ2v) is 13.3. The third kappa shape index (κ3) is 7.71. The summed E-state index contributed by atoms with van der Waals surface area (Å²) >= 11 is 0. The highest BCUT2D eigenvalue weighted by Gasteiger charge is 2.33. The fourth-order valence-corrected chi connectivity index (χ4v) is 6.61. The molecule has 1 heterocycles. The van der Waals surface area contributed by atoms with Crippen molar-refractivity contribution in [2.75, 3.05) is 19.9 Å². The maximum absolute atomic E-state index is 15.1. The number of benzene rings is 2. The Morgan fingerprint density at radius 1 is 1.12 bits per heavy atom. The molecule has 3 aromatic rings. The van der Waals surface area contributed by atoms with Crippen LogP contribution >= 0.6 is 8.15 Å². The minimum absolute atomic E-state index is 0.238. The van der Waals surface area contributed by atoms with E-state index >= 15 is 4.39 Å². The van der Waals surface area contributed by atoms with Gasteiger partial charge in [-0.05, 0) is 113 Å². The molecule has 2 aromatic carbocycles. The Bertz CT molecular complexity index is 1370. The van der Waals surface area contributed by atoms with E-state index in [1.54, 1.807) is 12.1 Å². The number of aromatic nitrogens is 1. The molecular formula is C33H42FN2O4P. The van der Waals surface area contributed by atoms with Crippen LogP contribution in [0.15, 0.2) is 48.7 Å². The Morgan fingerprint density at radius 3 is 2.44 bits per heavy atom. The van der Waals surface area contributed by atoms with E-state index in [0.717, 1.165) is 17.3 Å². The van der Waals surface area contributed by atoms with E-state index in [0.29, 0.717) is 46.3 Å². The van der Waals surface area contributed by atoms with Crippen molar-refractivity contribution in [1.82, 2.24) is 9.88 Å². The van der Waals surface area contributed by atoms with Crippen LogP contribution in [0.4, 0.5) is 4.39 Å². The van der Waals surface area contributed by atoms with E-state index in [1.165, 1.54) is 26.1 Å². The highest BCUT2D eigenvalue weighted by molar-refractivity contribution is 7.50. The lowest BCUT2D eigenvalue weighted by Gasteiger charge is -2.31. The molecule has 220 valence electrons. The highest BCUT2D eigenvalue weighted by atomic mass is 31.1. The first kappa shape index (κ1) is 31.1. The number of pyridine rings is 1. The van der Waals surface area contributed by atoms with Crippen LogP contribution < -0.4 is 9.47 Å². The van der Waals surface area contributed by atoms with Gasteiger partial charge in [-0.15, -0.1) is 0 Å². The van der Waals surface area contributed by atoms with Gasteiger partial charge in [-0.3, -0.25) is 4.90 Å². The Balaban J connectivity index is 1.71. The van der Waals surface area contributed by atoms with Gasteiger partial charge in [0.15, 0.2) is 0 Å². The average molecular weight is 581 g/mol. The molecule has 1 aliphatic carbocycles. The Kier molecular flexibility index (Phi) is 10.2. The molecule has 4 rings (SSSR count). The number of hydrogen-bond acceptors (Lipinski definition) is 6. The summed E-state index contributed by atoms with van der Waals surface area (Å²) in [5, 5.41) is 0. The summed E-state index contributed by atoms with van der Waals surface area (Å²) in [4.78, 5) is 30.0. The molecule has 0 radical (unpaired) electrons. The number of rotatable bonds is 12. The molecule has 1 N–H and O–H groups in total. The van der Waals surface area contributed by atoms with E-state index in [1.807, 2.05) is 37.9 Å². The normalized spacial score (nSPS) is 14.9. The minimum atomic E-state index is -1.02. The van der Waals surface area contributed by atoms with Gasteiger partial charge in [0.1, 0.15) is 11.6 Å². The maximum Gasteiger partial charge on any atom is 0.343 e. The van der Waals surface area contributed by atoms with E-state index in [4.69, 9.17) is 9.47 Å². The van der Waals surface area contributed by atoms with Crippen molar-refractivity contribution in [2.45, 2.75) is 72.0 Å². The summed E-state index contributed by atoms with van der Waals surface area (Å²) in [7, 11) is 0.480. The zero-order valence-electron chi connectivity index (χ0n) is 25.1. The molecule has 1 aliphatic rings. The van der Waals surface area contributed by atoms with E-state index in [9.17, 15) is 9.69 Å². The lowest BCUT2D eigenvalue weighted by atomic mass is 9.93. The third-order valence-corrected chi connectivity index (χ3v) is 8.75. The smallest absolute Gasteiger partial charge is 0.343 e. The third-order valence-electron chi connectivity index (χ3n) is 7.83. The van der Waals surface area contributed by atoms with Gasteiger partial charge in [-0.1, -0.05) is 18.2 Å². The van der Waals surface area contributed by atoms with Gasteiger partial charge >= 0.3 is 5.97 Å². The summed E-state index contributed by atoms with van der Waals surface area (Å²) in [5.41, 5.74) is 4.11. The van der Waals surface area contributed by atoms with Crippen LogP contribution in [0, 0.1) is 18.7 Å². The molecule has 6 nitrogen and oxygen atoms in total. The quantitative estimate of drug-likeness (QED) is 0.135. The lowest BCUT2D eigenvalue weighted by molar-refractivity contribution is 0.0733.